The van der Waals surface area contributed by atoms with Crippen molar-refractivity contribution < 1.29 is 19.4 Å². The number of rotatable bonds is 5. The van der Waals surface area contributed by atoms with E-state index in [0.29, 0.717) is 13.0 Å². The number of benzene rings is 1. The summed E-state index contributed by atoms with van der Waals surface area (Å²) in [6, 6.07) is 7.62. The van der Waals surface area contributed by atoms with Crippen LogP contribution in [0.1, 0.15) is 24.8 Å². The van der Waals surface area contributed by atoms with Crippen LogP contribution in [0.4, 0.5) is 0 Å². The monoisotopic (exact) mass is 250 g/mol. The van der Waals surface area contributed by atoms with Gasteiger partial charge < -0.3 is 14.6 Å². The summed E-state index contributed by atoms with van der Waals surface area (Å²) in [7, 11) is 0. The van der Waals surface area contributed by atoms with Crippen molar-refractivity contribution in [2.75, 3.05) is 13.2 Å². The molecule has 0 aliphatic carbocycles. The minimum Gasteiger partial charge on any atom is -0.488 e. The number of carboxylic acid groups (broad SMARTS) is 1. The number of aryl methyl sites for hydroxylation is 1. The highest BCUT2D eigenvalue weighted by Crippen LogP contribution is 2.23. The summed E-state index contributed by atoms with van der Waals surface area (Å²) < 4.78 is 11.3. The van der Waals surface area contributed by atoms with Gasteiger partial charge in [0.1, 0.15) is 11.9 Å². The lowest BCUT2D eigenvalue weighted by Gasteiger charge is -2.24. The number of ether oxygens (including phenoxy) is 2. The number of carbonyl (C=O) groups is 1. The first-order chi connectivity index (χ1) is 8.75. The van der Waals surface area contributed by atoms with Gasteiger partial charge in [-0.05, 0) is 30.9 Å². The first kappa shape index (κ1) is 12.9. The molecule has 1 N–H and O–H groups in total. The van der Waals surface area contributed by atoms with Crippen molar-refractivity contribution in [1.82, 2.24) is 0 Å². The first-order valence-electron chi connectivity index (χ1n) is 6.30. The van der Waals surface area contributed by atoms with Crippen LogP contribution in [-0.2, 0) is 16.0 Å². The van der Waals surface area contributed by atoms with Crippen LogP contribution in [0.2, 0.25) is 0 Å². The molecule has 1 aromatic rings. The van der Waals surface area contributed by atoms with Gasteiger partial charge in [0.2, 0.25) is 0 Å². The molecule has 0 spiro atoms. The lowest BCUT2D eigenvalue weighted by molar-refractivity contribution is -0.136. The fourth-order valence-electron chi connectivity index (χ4n) is 2.05. The maximum absolute atomic E-state index is 10.6. The molecule has 98 valence electrons. The molecule has 0 aromatic heterocycles. The molecule has 1 heterocycles. The third kappa shape index (κ3) is 3.74. The molecule has 1 aliphatic rings. The van der Waals surface area contributed by atoms with E-state index in [1.807, 2.05) is 24.3 Å². The van der Waals surface area contributed by atoms with E-state index in [2.05, 4.69) is 0 Å². The predicted molar refractivity (Wildman–Crippen MR) is 66.9 cm³/mol. The van der Waals surface area contributed by atoms with Crippen LogP contribution in [0.15, 0.2) is 24.3 Å². The van der Waals surface area contributed by atoms with Crippen LogP contribution < -0.4 is 4.74 Å². The van der Waals surface area contributed by atoms with Crippen molar-refractivity contribution in [2.45, 2.75) is 31.8 Å². The topological polar surface area (TPSA) is 55.8 Å². The third-order valence-electron chi connectivity index (χ3n) is 2.99. The van der Waals surface area contributed by atoms with Crippen LogP contribution >= 0.6 is 0 Å². The molecule has 2 rings (SSSR count). The Kier molecular flexibility index (Phi) is 4.59. The number of aliphatic carboxylic acids is 1. The van der Waals surface area contributed by atoms with Crippen LogP contribution in [0.25, 0.3) is 0 Å². The quantitative estimate of drug-likeness (QED) is 0.871. The molecular formula is C14H18O4. The van der Waals surface area contributed by atoms with Crippen molar-refractivity contribution in [2.24, 2.45) is 0 Å². The van der Waals surface area contributed by atoms with Crippen LogP contribution in [-0.4, -0.2) is 30.4 Å². The molecule has 0 amide bonds. The largest absolute Gasteiger partial charge is 0.488 e. The second-order valence-corrected chi connectivity index (χ2v) is 4.46. The van der Waals surface area contributed by atoms with Crippen molar-refractivity contribution in [3.8, 4) is 5.75 Å². The van der Waals surface area contributed by atoms with E-state index < -0.39 is 5.97 Å². The summed E-state index contributed by atoms with van der Waals surface area (Å²) >= 11 is 0. The summed E-state index contributed by atoms with van der Waals surface area (Å²) in [6.45, 7) is 1.42. The van der Waals surface area contributed by atoms with Gasteiger partial charge in [-0.2, -0.15) is 0 Å². The Bertz CT molecular complexity index is 397. The fourth-order valence-corrected chi connectivity index (χ4v) is 2.05. The van der Waals surface area contributed by atoms with E-state index in [1.54, 1.807) is 0 Å². The van der Waals surface area contributed by atoms with E-state index in [1.165, 1.54) is 0 Å². The summed E-state index contributed by atoms with van der Waals surface area (Å²) in [6.07, 6.45) is 2.72. The molecule has 4 heteroatoms. The lowest BCUT2D eigenvalue weighted by atomic mass is 10.1. The molecule has 18 heavy (non-hydrogen) atoms. The summed E-state index contributed by atoms with van der Waals surface area (Å²) in [5.74, 6) is 0.0000489. The number of para-hydroxylation sites is 1. The van der Waals surface area contributed by atoms with E-state index >= 15 is 0 Å². The van der Waals surface area contributed by atoms with Crippen molar-refractivity contribution >= 4 is 5.97 Å². The molecule has 0 saturated carbocycles. The Morgan fingerprint density at radius 3 is 3.00 bits per heavy atom. The zero-order chi connectivity index (χ0) is 12.8. The molecule has 4 nitrogen and oxygen atoms in total. The summed E-state index contributed by atoms with van der Waals surface area (Å²) in [5, 5.41) is 8.73. The standard InChI is InChI=1S/C14H18O4/c15-14(16)8-7-11-4-1-2-6-13(11)18-12-5-3-9-17-10-12/h1-2,4,6,12H,3,5,7-10H2,(H,15,16). The van der Waals surface area contributed by atoms with Gasteiger partial charge in [-0.25, -0.2) is 0 Å². The summed E-state index contributed by atoms with van der Waals surface area (Å²) in [5.41, 5.74) is 0.950. The van der Waals surface area contributed by atoms with Gasteiger partial charge >= 0.3 is 5.97 Å². The highest BCUT2D eigenvalue weighted by Gasteiger charge is 2.16. The van der Waals surface area contributed by atoms with Gasteiger partial charge in [0.15, 0.2) is 0 Å². The highest BCUT2D eigenvalue weighted by molar-refractivity contribution is 5.67. The van der Waals surface area contributed by atoms with Crippen molar-refractivity contribution in [1.29, 1.82) is 0 Å². The summed E-state index contributed by atoms with van der Waals surface area (Å²) in [4.78, 5) is 10.6. The molecule has 1 unspecified atom stereocenters. The normalized spacial score (nSPS) is 19.4. The number of carboxylic acids is 1. The Morgan fingerprint density at radius 2 is 2.28 bits per heavy atom. The van der Waals surface area contributed by atoms with E-state index in [-0.39, 0.29) is 12.5 Å². The highest BCUT2D eigenvalue weighted by atomic mass is 16.5. The predicted octanol–water partition coefficient (Wildman–Crippen LogP) is 2.26. The second-order valence-electron chi connectivity index (χ2n) is 4.46. The van der Waals surface area contributed by atoms with E-state index in [0.717, 1.165) is 30.8 Å². The molecule has 1 saturated heterocycles. The van der Waals surface area contributed by atoms with Gasteiger partial charge in [0.05, 0.1) is 6.61 Å². The number of hydrogen-bond donors (Lipinski definition) is 1. The van der Waals surface area contributed by atoms with Crippen LogP contribution in [0.5, 0.6) is 5.75 Å². The van der Waals surface area contributed by atoms with Crippen LogP contribution in [0.3, 0.4) is 0 Å². The smallest absolute Gasteiger partial charge is 0.303 e. The average molecular weight is 250 g/mol. The van der Waals surface area contributed by atoms with Gasteiger partial charge in [-0.1, -0.05) is 18.2 Å². The van der Waals surface area contributed by atoms with E-state index in [4.69, 9.17) is 14.6 Å². The Hall–Kier alpha value is -1.55. The van der Waals surface area contributed by atoms with Gasteiger partial charge in [0, 0.05) is 13.0 Å². The minimum atomic E-state index is -0.786. The maximum atomic E-state index is 10.6. The van der Waals surface area contributed by atoms with Crippen molar-refractivity contribution in [3.05, 3.63) is 29.8 Å². The first-order valence-corrected chi connectivity index (χ1v) is 6.30. The zero-order valence-electron chi connectivity index (χ0n) is 10.3. The Labute approximate surface area is 107 Å². The minimum absolute atomic E-state index is 0.0877. The van der Waals surface area contributed by atoms with Gasteiger partial charge in [-0.3, -0.25) is 4.79 Å². The Balaban J connectivity index is 1.99. The molecule has 0 radical (unpaired) electrons. The van der Waals surface area contributed by atoms with Gasteiger partial charge in [-0.15, -0.1) is 0 Å². The molecule has 0 bridgehead atoms. The fraction of sp³-hybridized carbons (Fsp3) is 0.500. The average Bonchev–Trinajstić information content (AvgIpc) is 2.39. The zero-order valence-corrected chi connectivity index (χ0v) is 10.3. The third-order valence-corrected chi connectivity index (χ3v) is 2.99. The number of hydrogen-bond acceptors (Lipinski definition) is 3. The SMILES string of the molecule is O=C(O)CCc1ccccc1OC1CCCOC1. The molecule has 1 aromatic carbocycles. The maximum Gasteiger partial charge on any atom is 0.303 e. The second kappa shape index (κ2) is 6.40. The Morgan fingerprint density at radius 1 is 1.44 bits per heavy atom. The van der Waals surface area contributed by atoms with Crippen LogP contribution in [0, 0.1) is 0 Å². The molecular weight excluding hydrogens is 232 g/mol. The molecule has 1 fully saturated rings. The molecule has 1 atom stereocenters. The van der Waals surface area contributed by atoms with E-state index in [9.17, 15) is 4.79 Å². The lowest BCUT2D eigenvalue weighted by Crippen LogP contribution is -2.28. The molecule has 1 aliphatic heterocycles. The van der Waals surface area contributed by atoms with Crippen molar-refractivity contribution in [3.63, 3.8) is 0 Å². The van der Waals surface area contributed by atoms with Gasteiger partial charge in [0.25, 0.3) is 0 Å².